The third-order valence-corrected chi connectivity index (χ3v) is 5.59. The van der Waals surface area contributed by atoms with E-state index in [0.29, 0.717) is 31.3 Å². The van der Waals surface area contributed by atoms with Crippen molar-refractivity contribution in [3.05, 3.63) is 0 Å². The average Bonchev–Trinajstić information content (AvgIpc) is 2.81. The zero-order valence-corrected chi connectivity index (χ0v) is 15.4. The van der Waals surface area contributed by atoms with Crippen LogP contribution in [0.1, 0.15) is 66.7 Å². The van der Waals surface area contributed by atoms with E-state index in [1.54, 1.807) is 4.90 Å². The first kappa shape index (κ1) is 18.5. The van der Waals surface area contributed by atoms with Crippen LogP contribution in [0.25, 0.3) is 0 Å². The zero-order chi connectivity index (χ0) is 17.5. The van der Waals surface area contributed by atoms with Gasteiger partial charge >= 0.3 is 6.09 Å². The smallest absolute Gasteiger partial charge is 0.410 e. The summed E-state index contributed by atoms with van der Waals surface area (Å²) in [7, 11) is 0. The van der Waals surface area contributed by atoms with Gasteiger partial charge in [0, 0.05) is 13.1 Å². The second kappa shape index (κ2) is 6.25. The number of amides is 1. The third kappa shape index (κ3) is 4.00. The van der Waals surface area contributed by atoms with Crippen molar-refractivity contribution in [2.45, 2.75) is 83.5 Å². The molecule has 1 aliphatic heterocycles. The number of ether oxygens (including phenoxy) is 1. The number of aliphatic hydroxyl groups is 1. The molecule has 1 amide bonds. The number of hydrogen-bond donors (Lipinski definition) is 2. The van der Waals surface area contributed by atoms with Crippen LogP contribution >= 0.6 is 0 Å². The Morgan fingerprint density at radius 3 is 2.57 bits per heavy atom. The van der Waals surface area contributed by atoms with Gasteiger partial charge in [-0.05, 0) is 58.3 Å². The van der Waals surface area contributed by atoms with Crippen molar-refractivity contribution in [3.63, 3.8) is 0 Å². The summed E-state index contributed by atoms with van der Waals surface area (Å²) in [6.45, 7) is 10.9. The van der Waals surface area contributed by atoms with Gasteiger partial charge in [-0.2, -0.15) is 0 Å². The van der Waals surface area contributed by atoms with Crippen LogP contribution in [-0.2, 0) is 4.74 Å². The highest BCUT2D eigenvalue weighted by atomic mass is 16.6. The lowest BCUT2D eigenvalue weighted by Crippen LogP contribution is -2.64. The Labute approximate surface area is 140 Å². The number of carbonyl (C=O) groups excluding carboxylic acids is 1. The molecule has 0 radical (unpaired) electrons. The van der Waals surface area contributed by atoms with Gasteiger partial charge in [-0.25, -0.2) is 4.79 Å². The molecule has 0 aromatic carbocycles. The molecule has 0 bridgehead atoms. The van der Waals surface area contributed by atoms with Crippen LogP contribution in [0.2, 0.25) is 0 Å². The van der Waals surface area contributed by atoms with E-state index >= 15 is 0 Å². The SMILES string of the molecule is CC(C)C1CCCC(O)(C2(N)CCN(C(=O)OC(C)(C)C)C2)C1. The third-order valence-electron chi connectivity index (χ3n) is 5.59. The molecule has 0 spiro atoms. The average molecular weight is 326 g/mol. The molecule has 3 atom stereocenters. The number of nitrogens with two attached hydrogens (primary N) is 1. The maximum Gasteiger partial charge on any atom is 0.410 e. The van der Waals surface area contributed by atoms with Gasteiger partial charge in [0.25, 0.3) is 0 Å². The minimum absolute atomic E-state index is 0.329. The molecule has 2 rings (SSSR count). The lowest BCUT2D eigenvalue weighted by atomic mass is 9.65. The lowest BCUT2D eigenvalue weighted by Gasteiger charge is -2.48. The molecular weight excluding hydrogens is 292 g/mol. The summed E-state index contributed by atoms with van der Waals surface area (Å²) in [6, 6.07) is 0. The molecule has 134 valence electrons. The van der Waals surface area contributed by atoms with Crippen molar-refractivity contribution in [3.8, 4) is 0 Å². The van der Waals surface area contributed by atoms with Gasteiger partial charge in [0.1, 0.15) is 5.60 Å². The minimum atomic E-state index is -0.878. The molecule has 1 saturated carbocycles. The van der Waals surface area contributed by atoms with Gasteiger partial charge in [-0.3, -0.25) is 0 Å². The molecule has 1 saturated heterocycles. The maximum absolute atomic E-state index is 12.3. The van der Waals surface area contributed by atoms with Crippen molar-refractivity contribution in [1.29, 1.82) is 0 Å². The summed E-state index contributed by atoms with van der Waals surface area (Å²) in [5.74, 6) is 1.05. The highest BCUT2D eigenvalue weighted by Crippen LogP contribution is 2.44. The van der Waals surface area contributed by atoms with Crippen LogP contribution in [0.3, 0.4) is 0 Å². The van der Waals surface area contributed by atoms with E-state index in [1.165, 1.54) is 0 Å². The molecule has 3 N–H and O–H groups in total. The van der Waals surface area contributed by atoms with Crippen LogP contribution in [0, 0.1) is 11.8 Å². The molecule has 2 fully saturated rings. The van der Waals surface area contributed by atoms with E-state index in [0.717, 1.165) is 25.7 Å². The van der Waals surface area contributed by atoms with Gasteiger partial charge < -0.3 is 20.5 Å². The molecule has 2 aliphatic rings. The van der Waals surface area contributed by atoms with Gasteiger partial charge in [-0.1, -0.05) is 20.3 Å². The van der Waals surface area contributed by atoms with Crippen molar-refractivity contribution >= 4 is 6.09 Å². The summed E-state index contributed by atoms with van der Waals surface area (Å²) in [6.07, 6.45) is 3.94. The summed E-state index contributed by atoms with van der Waals surface area (Å²) in [5, 5.41) is 11.3. The van der Waals surface area contributed by atoms with Crippen LogP contribution in [0.4, 0.5) is 4.79 Å². The van der Waals surface area contributed by atoms with E-state index in [2.05, 4.69) is 13.8 Å². The minimum Gasteiger partial charge on any atom is -0.444 e. The van der Waals surface area contributed by atoms with Crippen LogP contribution in [0.15, 0.2) is 0 Å². The molecule has 23 heavy (non-hydrogen) atoms. The molecule has 3 unspecified atom stereocenters. The molecule has 1 heterocycles. The van der Waals surface area contributed by atoms with Crippen molar-refractivity contribution < 1.29 is 14.6 Å². The number of carbonyl (C=O) groups is 1. The zero-order valence-electron chi connectivity index (χ0n) is 15.4. The fourth-order valence-corrected chi connectivity index (χ4v) is 4.01. The van der Waals surface area contributed by atoms with Crippen LogP contribution in [-0.4, -0.2) is 45.9 Å². The quantitative estimate of drug-likeness (QED) is 0.818. The van der Waals surface area contributed by atoms with E-state index < -0.39 is 16.7 Å². The molecular formula is C18H34N2O3. The number of hydrogen-bond acceptors (Lipinski definition) is 4. The Morgan fingerprint density at radius 2 is 2.00 bits per heavy atom. The van der Waals surface area contributed by atoms with Gasteiger partial charge in [0.15, 0.2) is 0 Å². The normalized spacial score (nSPS) is 35.7. The fraction of sp³-hybridized carbons (Fsp3) is 0.944. The van der Waals surface area contributed by atoms with E-state index in [1.807, 2.05) is 20.8 Å². The number of likely N-dealkylation sites (tertiary alicyclic amines) is 1. The highest BCUT2D eigenvalue weighted by Gasteiger charge is 2.54. The van der Waals surface area contributed by atoms with Crippen LogP contribution < -0.4 is 5.73 Å². The molecule has 0 aromatic heterocycles. The standard InChI is InChI=1S/C18H34N2O3/c1-13(2)14-7-6-8-18(22,11-14)17(19)9-10-20(12-17)15(21)23-16(3,4)5/h13-14,22H,6-12,19H2,1-5H3. The summed E-state index contributed by atoms with van der Waals surface area (Å²) in [4.78, 5) is 13.9. The molecule has 1 aliphatic carbocycles. The van der Waals surface area contributed by atoms with E-state index in [-0.39, 0.29) is 6.09 Å². The molecule has 5 heteroatoms. The first-order valence-corrected chi connectivity index (χ1v) is 8.95. The Balaban J connectivity index is 2.06. The molecule has 0 aromatic rings. The van der Waals surface area contributed by atoms with Crippen LogP contribution in [0.5, 0.6) is 0 Å². The predicted molar refractivity (Wildman–Crippen MR) is 91.1 cm³/mol. The number of nitrogens with zero attached hydrogens (tertiary/aromatic N) is 1. The lowest BCUT2D eigenvalue weighted by molar-refractivity contribution is -0.0814. The van der Waals surface area contributed by atoms with Gasteiger partial charge in [0.05, 0.1) is 11.1 Å². The summed E-state index contributed by atoms with van der Waals surface area (Å²) in [5.41, 5.74) is 4.51. The van der Waals surface area contributed by atoms with Gasteiger partial charge in [0.2, 0.25) is 0 Å². The Bertz CT molecular complexity index is 446. The van der Waals surface area contributed by atoms with E-state index in [9.17, 15) is 9.90 Å². The molecule has 5 nitrogen and oxygen atoms in total. The first-order valence-electron chi connectivity index (χ1n) is 8.95. The Hall–Kier alpha value is -0.810. The second-order valence-corrected chi connectivity index (χ2v) is 8.94. The second-order valence-electron chi connectivity index (χ2n) is 8.94. The predicted octanol–water partition coefficient (Wildman–Crippen LogP) is 2.90. The van der Waals surface area contributed by atoms with E-state index in [4.69, 9.17) is 10.5 Å². The summed E-state index contributed by atoms with van der Waals surface area (Å²) < 4.78 is 5.44. The Morgan fingerprint density at radius 1 is 1.35 bits per heavy atom. The monoisotopic (exact) mass is 326 g/mol. The largest absolute Gasteiger partial charge is 0.444 e. The van der Waals surface area contributed by atoms with Gasteiger partial charge in [-0.15, -0.1) is 0 Å². The maximum atomic E-state index is 12.3. The van der Waals surface area contributed by atoms with Crippen molar-refractivity contribution in [2.75, 3.05) is 13.1 Å². The Kier molecular flexibility index (Phi) is 5.03. The fourth-order valence-electron chi connectivity index (χ4n) is 4.01. The van der Waals surface area contributed by atoms with Crippen molar-refractivity contribution in [1.82, 2.24) is 4.90 Å². The summed E-state index contributed by atoms with van der Waals surface area (Å²) >= 11 is 0. The highest BCUT2D eigenvalue weighted by molar-refractivity contribution is 5.68. The number of rotatable bonds is 2. The first-order chi connectivity index (χ1) is 10.5. The van der Waals surface area contributed by atoms with Crippen molar-refractivity contribution in [2.24, 2.45) is 17.6 Å². The topological polar surface area (TPSA) is 75.8 Å².